The van der Waals surface area contributed by atoms with Crippen LogP contribution in [0.1, 0.15) is 24.0 Å². The van der Waals surface area contributed by atoms with Crippen LogP contribution in [0, 0.1) is 0 Å². The summed E-state index contributed by atoms with van der Waals surface area (Å²) in [5.41, 5.74) is 6.63. The Kier molecular flexibility index (Phi) is 5.43. The quantitative estimate of drug-likeness (QED) is 0.742. The Balaban J connectivity index is 2.20. The summed E-state index contributed by atoms with van der Waals surface area (Å²) in [5, 5.41) is 3.41. The first kappa shape index (κ1) is 11.0. The third-order valence-electron chi connectivity index (χ3n) is 1.64. The molecule has 1 aromatic heterocycles. The highest BCUT2D eigenvalue weighted by atomic mass is 32.2. The zero-order valence-corrected chi connectivity index (χ0v) is 9.59. The lowest BCUT2D eigenvalue weighted by atomic mass is 10.5. The minimum atomic E-state index is 0.796. The van der Waals surface area contributed by atoms with Gasteiger partial charge in [0.2, 0.25) is 0 Å². The number of rotatable bonds is 6. The lowest BCUT2D eigenvalue weighted by Crippen LogP contribution is -1.99. The molecule has 0 bridgehead atoms. The third kappa shape index (κ3) is 4.11. The molecular weight excluding hydrogens is 200 g/mol. The number of hydrogen-bond donors (Lipinski definition) is 1. The standard InChI is InChI=1S/C9H16N2S2/c1-2-9-11-8(7-13-9)6-12-5-3-4-10/h7H,2-6,10H2,1H3. The normalized spacial score (nSPS) is 10.6. The predicted octanol–water partition coefficient (Wildman–Crippen LogP) is 2.29. The molecule has 0 aromatic carbocycles. The average Bonchev–Trinajstić information content (AvgIpc) is 2.60. The average molecular weight is 216 g/mol. The van der Waals surface area contributed by atoms with Crippen molar-refractivity contribution in [2.75, 3.05) is 12.3 Å². The molecule has 0 fully saturated rings. The van der Waals surface area contributed by atoms with Crippen molar-refractivity contribution in [2.24, 2.45) is 5.73 Å². The van der Waals surface area contributed by atoms with Crippen molar-refractivity contribution in [3.05, 3.63) is 16.1 Å². The van der Waals surface area contributed by atoms with Crippen LogP contribution in [0.5, 0.6) is 0 Å². The van der Waals surface area contributed by atoms with Crippen molar-refractivity contribution >= 4 is 23.1 Å². The minimum Gasteiger partial charge on any atom is -0.330 e. The summed E-state index contributed by atoms with van der Waals surface area (Å²) in [6, 6.07) is 0. The summed E-state index contributed by atoms with van der Waals surface area (Å²) in [4.78, 5) is 4.49. The van der Waals surface area contributed by atoms with Gasteiger partial charge in [-0.3, -0.25) is 0 Å². The third-order valence-corrected chi connectivity index (χ3v) is 3.76. The van der Waals surface area contributed by atoms with Crippen LogP contribution in [0.2, 0.25) is 0 Å². The second kappa shape index (κ2) is 6.40. The van der Waals surface area contributed by atoms with E-state index in [1.54, 1.807) is 11.3 Å². The molecule has 0 atom stereocenters. The van der Waals surface area contributed by atoms with Crippen molar-refractivity contribution in [1.29, 1.82) is 0 Å². The van der Waals surface area contributed by atoms with Crippen molar-refractivity contribution < 1.29 is 0 Å². The monoisotopic (exact) mass is 216 g/mol. The summed E-state index contributed by atoms with van der Waals surface area (Å²) in [5.74, 6) is 2.19. The van der Waals surface area contributed by atoms with Gasteiger partial charge in [-0.2, -0.15) is 11.8 Å². The lowest BCUT2D eigenvalue weighted by Gasteiger charge is -1.96. The topological polar surface area (TPSA) is 38.9 Å². The Hall–Kier alpha value is -0.0600. The molecule has 0 saturated heterocycles. The van der Waals surface area contributed by atoms with Gasteiger partial charge in [0, 0.05) is 11.1 Å². The zero-order chi connectivity index (χ0) is 9.52. The number of aromatic nitrogens is 1. The molecule has 0 aliphatic carbocycles. The van der Waals surface area contributed by atoms with E-state index in [1.807, 2.05) is 11.8 Å². The SMILES string of the molecule is CCc1nc(CSCCCN)cs1. The first-order valence-electron chi connectivity index (χ1n) is 4.58. The zero-order valence-electron chi connectivity index (χ0n) is 7.95. The Labute approximate surface area is 87.9 Å². The van der Waals surface area contributed by atoms with Gasteiger partial charge < -0.3 is 5.73 Å². The van der Waals surface area contributed by atoms with Crippen molar-refractivity contribution in [3.8, 4) is 0 Å². The molecular formula is C9H16N2S2. The van der Waals surface area contributed by atoms with Crippen LogP contribution in [0.3, 0.4) is 0 Å². The molecule has 0 amide bonds. The molecule has 74 valence electrons. The highest BCUT2D eigenvalue weighted by Gasteiger charge is 1.99. The van der Waals surface area contributed by atoms with Gasteiger partial charge in [0.15, 0.2) is 0 Å². The highest BCUT2D eigenvalue weighted by molar-refractivity contribution is 7.98. The van der Waals surface area contributed by atoms with Crippen LogP contribution in [-0.4, -0.2) is 17.3 Å². The molecule has 0 unspecified atom stereocenters. The van der Waals surface area contributed by atoms with E-state index in [2.05, 4.69) is 17.3 Å². The van der Waals surface area contributed by atoms with Crippen LogP contribution < -0.4 is 5.73 Å². The van der Waals surface area contributed by atoms with E-state index in [9.17, 15) is 0 Å². The van der Waals surface area contributed by atoms with E-state index in [0.29, 0.717) is 0 Å². The van der Waals surface area contributed by atoms with Crippen molar-refractivity contribution in [2.45, 2.75) is 25.5 Å². The number of nitrogens with zero attached hydrogens (tertiary/aromatic N) is 1. The van der Waals surface area contributed by atoms with Gasteiger partial charge in [-0.05, 0) is 25.1 Å². The molecule has 1 heterocycles. The predicted molar refractivity (Wildman–Crippen MR) is 61.3 cm³/mol. The van der Waals surface area contributed by atoms with E-state index in [0.717, 1.165) is 30.9 Å². The Morgan fingerprint density at radius 2 is 2.46 bits per heavy atom. The van der Waals surface area contributed by atoms with Gasteiger partial charge in [0.25, 0.3) is 0 Å². The fourth-order valence-electron chi connectivity index (χ4n) is 0.940. The van der Waals surface area contributed by atoms with Crippen LogP contribution in [-0.2, 0) is 12.2 Å². The van der Waals surface area contributed by atoms with Crippen LogP contribution in [0.25, 0.3) is 0 Å². The molecule has 0 aliphatic rings. The summed E-state index contributed by atoms with van der Waals surface area (Å²) in [6.45, 7) is 2.94. The molecule has 0 spiro atoms. The van der Waals surface area contributed by atoms with E-state index in [4.69, 9.17) is 5.73 Å². The molecule has 1 rings (SSSR count). The second-order valence-corrected chi connectivity index (χ2v) is 4.83. The van der Waals surface area contributed by atoms with E-state index in [1.165, 1.54) is 10.7 Å². The Morgan fingerprint density at radius 3 is 3.08 bits per heavy atom. The molecule has 13 heavy (non-hydrogen) atoms. The van der Waals surface area contributed by atoms with Gasteiger partial charge in [0.1, 0.15) is 0 Å². The largest absolute Gasteiger partial charge is 0.330 e. The van der Waals surface area contributed by atoms with E-state index >= 15 is 0 Å². The van der Waals surface area contributed by atoms with Gasteiger partial charge in [0.05, 0.1) is 10.7 Å². The maximum Gasteiger partial charge on any atom is 0.0925 e. The summed E-state index contributed by atoms with van der Waals surface area (Å²) in [6.07, 6.45) is 2.16. The lowest BCUT2D eigenvalue weighted by molar-refractivity contribution is 0.942. The highest BCUT2D eigenvalue weighted by Crippen LogP contribution is 2.16. The fourth-order valence-corrected chi connectivity index (χ4v) is 2.66. The maximum absolute atomic E-state index is 5.41. The van der Waals surface area contributed by atoms with E-state index < -0.39 is 0 Å². The Bertz CT molecular complexity index is 235. The van der Waals surface area contributed by atoms with Gasteiger partial charge >= 0.3 is 0 Å². The number of aryl methyl sites for hydroxylation is 1. The molecule has 2 N–H and O–H groups in total. The molecule has 1 aromatic rings. The number of thioether (sulfide) groups is 1. The first-order chi connectivity index (χ1) is 6.36. The maximum atomic E-state index is 5.41. The summed E-state index contributed by atoms with van der Waals surface area (Å²) < 4.78 is 0. The van der Waals surface area contributed by atoms with Crippen LogP contribution in [0.15, 0.2) is 5.38 Å². The second-order valence-electron chi connectivity index (χ2n) is 2.78. The molecule has 2 nitrogen and oxygen atoms in total. The van der Waals surface area contributed by atoms with Gasteiger partial charge in [-0.1, -0.05) is 6.92 Å². The van der Waals surface area contributed by atoms with Gasteiger partial charge in [-0.25, -0.2) is 4.98 Å². The van der Waals surface area contributed by atoms with Crippen LogP contribution >= 0.6 is 23.1 Å². The molecule has 0 saturated carbocycles. The van der Waals surface area contributed by atoms with Crippen molar-refractivity contribution in [3.63, 3.8) is 0 Å². The number of thiazole rings is 1. The smallest absolute Gasteiger partial charge is 0.0925 e. The van der Waals surface area contributed by atoms with Crippen LogP contribution in [0.4, 0.5) is 0 Å². The molecule has 0 aliphatic heterocycles. The molecule has 4 heteroatoms. The summed E-state index contributed by atoms with van der Waals surface area (Å²) in [7, 11) is 0. The minimum absolute atomic E-state index is 0.796. The first-order valence-corrected chi connectivity index (χ1v) is 6.61. The number of hydrogen-bond acceptors (Lipinski definition) is 4. The molecule has 0 radical (unpaired) electrons. The number of nitrogens with two attached hydrogens (primary N) is 1. The van der Waals surface area contributed by atoms with Crippen molar-refractivity contribution in [1.82, 2.24) is 4.98 Å². The summed E-state index contributed by atoms with van der Waals surface area (Å²) >= 11 is 3.68. The fraction of sp³-hybridized carbons (Fsp3) is 0.667. The Morgan fingerprint density at radius 1 is 1.62 bits per heavy atom. The van der Waals surface area contributed by atoms with E-state index in [-0.39, 0.29) is 0 Å². The van der Waals surface area contributed by atoms with Gasteiger partial charge in [-0.15, -0.1) is 11.3 Å².